The van der Waals surface area contributed by atoms with Crippen LogP contribution in [-0.4, -0.2) is 35.9 Å². The third kappa shape index (κ3) is 5.40. The Hall–Kier alpha value is -2.82. The molecular formula is C28H36N2O3. The van der Waals surface area contributed by atoms with Crippen molar-refractivity contribution in [2.75, 3.05) is 18.0 Å². The van der Waals surface area contributed by atoms with Crippen molar-refractivity contribution in [2.45, 2.75) is 71.9 Å². The van der Waals surface area contributed by atoms with E-state index in [0.717, 1.165) is 74.2 Å². The lowest BCUT2D eigenvalue weighted by Gasteiger charge is -2.30. The highest BCUT2D eigenvalue weighted by Gasteiger charge is 2.25. The highest BCUT2D eigenvalue weighted by Crippen LogP contribution is 2.31. The quantitative estimate of drug-likeness (QED) is 0.600. The van der Waals surface area contributed by atoms with E-state index in [1.54, 1.807) is 0 Å². The Kier molecular flexibility index (Phi) is 7.36. The van der Waals surface area contributed by atoms with E-state index < -0.39 is 0 Å². The molecule has 0 radical (unpaired) electrons. The SMILES string of the molecule is CC1Cc2cc(C(=O)N3CCCCCCCN(C(=O)C(C)C)c4ccccc4C3)ccc2O1. The molecule has 0 aromatic heterocycles. The van der Waals surface area contributed by atoms with Crippen LogP contribution >= 0.6 is 0 Å². The van der Waals surface area contributed by atoms with E-state index in [1.165, 1.54) is 0 Å². The van der Waals surface area contributed by atoms with E-state index >= 15 is 0 Å². The largest absolute Gasteiger partial charge is 0.490 e. The van der Waals surface area contributed by atoms with E-state index in [1.807, 2.05) is 60.0 Å². The molecule has 0 saturated heterocycles. The number of nitrogens with zero attached hydrogens (tertiary/aromatic N) is 2. The first-order valence-electron chi connectivity index (χ1n) is 12.4. The minimum atomic E-state index is -0.0697. The number of carbonyl (C=O) groups excluding carboxylic acids is 2. The molecular weight excluding hydrogens is 412 g/mol. The zero-order chi connectivity index (χ0) is 23.4. The summed E-state index contributed by atoms with van der Waals surface area (Å²) in [5.74, 6) is 1.01. The number of rotatable bonds is 2. The Bertz CT molecular complexity index is 1000. The van der Waals surface area contributed by atoms with Crippen molar-refractivity contribution >= 4 is 17.5 Å². The molecule has 1 unspecified atom stereocenters. The second-order valence-electron chi connectivity index (χ2n) is 9.72. The Labute approximate surface area is 197 Å². The lowest BCUT2D eigenvalue weighted by molar-refractivity contribution is -0.121. The van der Waals surface area contributed by atoms with Crippen LogP contribution < -0.4 is 9.64 Å². The molecule has 2 aromatic carbocycles. The molecule has 1 atom stereocenters. The van der Waals surface area contributed by atoms with Gasteiger partial charge in [-0.15, -0.1) is 0 Å². The topological polar surface area (TPSA) is 49.9 Å². The van der Waals surface area contributed by atoms with Gasteiger partial charge in [-0.25, -0.2) is 0 Å². The molecule has 5 heteroatoms. The van der Waals surface area contributed by atoms with Crippen LogP contribution in [0.15, 0.2) is 42.5 Å². The van der Waals surface area contributed by atoms with Crippen molar-refractivity contribution in [2.24, 2.45) is 5.92 Å². The van der Waals surface area contributed by atoms with Gasteiger partial charge in [-0.05, 0) is 55.2 Å². The maximum absolute atomic E-state index is 13.6. The molecule has 0 fully saturated rings. The fraction of sp³-hybridized carbons (Fsp3) is 0.500. The van der Waals surface area contributed by atoms with Crippen LogP contribution in [0.25, 0.3) is 0 Å². The zero-order valence-corrected chi connectivity index (χ0v) is 20.2. The molecule has 0 saturated carbocycles. The van der Waals surface area contributed by atoms with Gasteiger partial charge in [0.15, 0.2) is 0 Å². The summed E-state index contributed by atoms with van der Waals surface area (Å²) in [6.07, 6.45) is 6.31. The third-order valence-electron chi connectivity index (χ3n) is 6.64. The number of fused-ring (bicyclic) bond motifs is 2. The van der Waals surface area contributed by atoms with Gasteiger partial charge < -0.3 is 14.5 Å². The molecule has 0 bridgehead atoms. The van der Waals surface area contributed by atoms with Crippen LogP contribution in [0.5, 0.6) is 5.75 Å². The summed E-state index contributed by atoms with van der Waals surface area (Å²) in [6, 6.07) is 13.9. The fourth-order valence-corrected chi connectivity index (χ4v) is 4.87. The predicted molar refractivity (Wildman–Crippen MR) is 132 cm³/mol. The molecule has 2 heterocycles. The maximum atomic E-state index is 13.6. The van der Waals surface area contributed by atoms with E-state index in [2.05, 4.69) is 13.0 Å². The van der Waals surface area contributed by atoms with E-state index in [-0.39, 0.29) is 23.8 Å². The summed E-state index contributed by atoms with van der Waals surface area (Å²) in [6.45, 7) is 7.91. The van der Waals surface area contributed by atoms with Crippen LogP contribution in [0.1, 0.15) is 74.4 Å². The Morgan fingerprint density at radius 3 is 2.45 bits per heavy atom. The average Bonchev–Trinajstić information content (AvgIpc) is 3.18. The number of hydrogen-bond acceptors (Lipinski definition) is 3. The number of carbonyl (C=O) groups is 2. The average molecular weight is 449 g/mol. The molecule has 2 amide bonds. The molecule has 0 spiro atoms. The van der Waals surface area contributed by atoms with Gasteiger partial charge in [0.05, 0.1) is 0 Å². The summed E-state index contributed by atoms with van der Waals surface area (Å²) in [5.41, 5.74) is 3.78. The van der Waals surface area contributed by atoms with Crippen molar-refractivity contribution in [3.05, 3.63) is 59.2 Å². The molecule has 0 N–H and O–H groups in total. The normalized spacial score (nSPS) is 19.2. The van der Waals surface area contributed by atoms with Crippen molar-refractivity contribution < 1.29 is 14.3 Å². The fourth-order valence-electron chi connectivity index (χ4n) is 4.87. The predicted octanol–water partition coefficient (Wildman–Crippen LogP) is 5.61. The Morgan fingerprint density at radius 2 is 1.67 bits per heavy atom. The number of benzene rings is 2. The molecule has 2 aliphatic heterocycles. The van der Waals surface area contributed by atoms with Crippen LogP contribution in [-0.2, 0) is 17.8 Å². The first kappa shape index (κ1) is 23.3. The summed E-state index contributed by atoms with van der Waals surface area (Å²) >= 11 is 0. The Balaban J connectivity index is 1.65. The Morgan fingerprint density at radius 1 is 0.939 bits per heavy atom. The van der Waals surface area contributed by atoms with Gasteiger partial charge in [-0.3, -0.25) is 9.59 Å². The minimum Gasteiger partial charge on any atom is -0.490 e. The second-order valence-corrected chi connectivity index (χ2v) is 9.72. The minimum absolute atomic E-state index is 0.0472. The lowest BCUT2D eigenvalue weighted by atomic mass is 10.0. The smallest absolute Gasteiger partial charge is 0.254 e. The molecule has 33 heavy (non-hydrogen) atoms. The third-order valence-corrected chi connectivity index (χ3v) is 6.64. The van der Waals surface area contributed by atoms with Gasteiger partial charge >= 0.3 is 0 Å². The van der Waals surface area contributed by atoms with Crippen molar-refractivity contribution in [1.82, 2.24) is 4.90 Å². The molecule has 2 aromatic rings. The standard InChI is InChI=1S/C28H36N2O3/c1-20(2)27(31)30-16-10-6-4-5-9-15-29(19-23-11-7-8-12-25(23)30)28(32)22-13-14-26-24(18-22)17-21(3)33-26/h7-8,11-14,18,20-21H,4-6,9-10,15-17,19H2,1-3H3. The van der Waals surface area contributed by atoms with Crippen LogP contribution in [0.4, 0.5) is 5.69 Å². The number of amides is 2. The lowest BCUT2D eigenvalue weighted by Crippen LogP contribution is -2.37. The number of hydrogen-bond donors (Lipinski definition) is 0. The highest BCUT2D eigenvalue weighted by atomic mass is 16.5. The van der Waals surface area contributed by atoms with Gasteiger partial charge in [-0.2, -0.15) is 0 Å². The van der Waals surface area contributed by atoms with Crippen molar-refractivity contribution in [3.8, 4) is 5.75 Å². The van der Waals surface area contributed by atoms with Crippen LogP contribution in [0.3, 0.4) is 0 Å². The van der Waals surface area contributed by atoms with Gasteiger partial charge in [-0.1, -0.05) is 51.3 Å². The number of para-hydroxylation sites is 1. The maximum Gasteiger partial charge on any atom is 0.254 e. The van der Waals surface area contributed by atoms with Gasteiger partial charge in [0, 0.05) is 43.2 Å². The van der Waals surface area contributed by atoms with E-state index in [4.69, 9.17) is 4.74 Å². The van der Waals surface area contributed by atoms with Gasteiger partial charge in [0.1, 0.15) is 11.9 Å². The number of anilines is 1. The monoisotopic (exact) mass is 448 g/mol. The van der Waals surface area contributed by atoms with Gasteiger partial charge in [0.2, 0.25) is 5.91 Å². The first-order chi connectivity index (χ1) is 15.9. The summed E-state index contributed by atoms with van der Waals surface area (Å²) < 4.78 is 5.82. The molecule has 176 valence electrons. The van der Waals surface area contributed by atoms with Crippen LogP contribution in [0.2, 0.25) is 0 Å². The molecule has 5 nitrogen and oxygen atoms in total. The summed E-state index contributed by atoms with van der Waals surface area (Å²) in [4.78, 5) is 30.6. The highest BCUT2D eigenvalue weighted by molar-refractivity contribution is 5.96. The number of ether oxygens (including phenoxy) is 1. The van der Waals surface area contributed by atoms with Gasteiger partial charge in [0.25, 0.3) is 5.91 Å². The molecule has 0 aliphatic carbocycles. The van der Waals surface area contributed by atoms with Crippen LogP contribution in [0, 0.1) is 5.92 Å². The van der Waals surface area contributed by atoms with Crippen molar-refractivity contribution in [3.63, 3.8) is 0 Å². The first-order valence-corrected chi connectivity index (χ1v) is 12.4. The summed E-state index contributed by atoms with van der Waals surface area (Å²) in [5, 5.41) is 0. The summed E-state index contributed by atoms with van der Waals surface area (Å²) in [7, 11) is 0. The van der Waals surface area contributed by atoms with Crippen molar-refractivity contribution in [1.29, 1.82) is 0 Å². The molecule has 2 aliphatic rings. The molecule has 4 rings (SSSR count). The zero-order valence-electron chi connectivity index (χ0n) is 20.2. The van der Waals surface area contributed by atoms with E-state index in [9.17, 15) is 9.59 Å². The van der Waals surface area contributed by atoms with E-state index in [0.29, 0.717) is 12.1 Å². The second kappa shape index (κ2) is 10.4.